The molecule has 258 valence electrons. The molecule has 11 aromatic rings. The molecular formula is C52H34N2O. The zero-order chi connectivity index (χ0) is 36.3. The van der Waals surface area contributed by atoms with E-state index in [0.717, 1.165) is 55.6 Å². The van der Waals surface area contributed by atoms with Gasteiger partial charge in [-0.15, -0.1) is 0 Å². The lowest BCUT2D eigenvalue weighted by atomic mass is 10.0. The van der Waals surface area contributed by atoms with Crippen molar-refractivity contribution in [2.45, 2.75) is 0 Å². The van der Waals surface area contributed by atoms with Crippen molar-refractivity contribution in [3.05, 3.63) is 206 Å². The van der Waals surface area contributed by atoms with Gasteiger partial charge in [0, 0.05) is 49.7 Å². The fourth-order valence-electron chi connectivity index (χ4n) is 8.34. The molecule has 0 bridgehead atoms. The number of hydrogen-bond donors (Lipinski definition) is 0. The van der Waals surface area contributed by atoms with Crippen LogP contribution in [0.15, 0.2) is 211 Å². The number of anilines is 3. The van der Waals surface area contributed by atoms with Gasteiger partial charge >= 0.3 is 0 Å². The highest BCUT2D eigenvalue weighted by Crippen LogP contribution is 2.41. The second-order valence-corrected chi connectivity index (χ2v) is 14.2. The summed E-state index contributed by atoms with van der Waals surface area (Å²) >= 11 is 0. The zero-order valence-electron chi connectivity index (χ0n) is 29.9. The Balaban J connectivity index is 1.02. The Kier molecular flexibility index (Phi) is 7.17. The second-order valence-electron chi connectivity index (χ2n) is 14.2. The van der Waals surface area contributed by atoms with E-state index >= 15 is 0 Å². The third-order valence-electron chi connectivity index (χ3n) is 11.0. The average Bonchev–Trinajstić information content (AvgIpc) is 3.81. The predicted octanol–water partition coefficient (Wildman–Crippen LogP) is 14.6. The Labute approximate surface area is 318 Å². The van der Waals surface area contributed by atoms with Crippen molar-refractivity contribution in [3.63, 3.8) is 0 Å². The zero-order valence-corrected chi connectivity index (χ0v) is 29.9. The van der Waals surface area contributed by atoms with Gasteiger partial charge in [0.1, 0.15) is 11.2 Å². The fourth-order valence-corrected chi connectivity index (χ4v) is 8.34. The topological polar surface area (TPSA) is 21.3 Å². The monoisotopic (exact) mass is 702 g/mol. The minimum Gasteiger partial charge on any atom is -0.455 e. The van der Waals surface area contributed by atoms with Crippen molar-refractivity contribution in [1.82, 2.24) is 4.57 Å². The Morgan fingerprint density at radius 2 is 0.909 bits per heavy atom. The Morgan fingerprint density at radius 3 is 1.62 bits per heavy atom. The minimum absolute atomic E-state index is 0.882. The maximum absolute atomic E-state index is 6.50. The van der Waals surface area contributed by atoms with E-state index in [0.29, 0.717) is 0 Å². The number of rotatable bonds is 6. The van der Waals surface area contributed by atoms with Crippen LogP contribution < -0.4 is 4.90 Å². The highest BCUT2D eigenvalue weighted by molar-refractivity contribution is 6.15. The van der Waals surface area contributed by atoms with E-state index in [1.54, 1.807) is 0 Å². The summed E-state index contributed by atoms with van der Waals surface area (Å²) in [5, 5.41) is 7.05. The van der Waals surface area contributed by atoms with Gasteiger partial charge in [-0.25, -0.2) is 0 Å². The molecule has 3 nitrogen and oxygen atoms in total. The van der Waals surface area contributed by atoms with Crippen molar-refractivity contribution in [3.8, 4) is 27.9 Å². The molecule has 11 rings (SSSR count). The molecule has 0 amide bonds. The molecule has 0 saturated heterocycles. The number of nitrogens with zero attached hydrogens (tertiary/aromatic N) is 2. The molecule has 9 aromatic carbocycles. The molecule has 0 N–H and O–H groups in total. The molecule has 0 aliphatic rings. The number of fused-ring (bicyclic) bond motifs is 8. The van der Waals surface area contributed by atoms with Gasteiger partial charge in [0.25, 0.3) is 0 Å². The smallest absolute Gasteiger partial charge is 0.143 e. The molecule has 0 fully saturated rings. The maximum atomic E-state index is 6.50. The molecular weight excluding hydrogens is 669 g/mol. The number of para-hydroxylation sites is 2. The molecule has 0 radical (unpaired) electrons. The first-order chi connectivity index (χ1) is 27.3. The SMILES string of the molecule is c1ccc(-c2ccc(N(c3ccc(-c4cccc(-n5c6ccccc6c6ccccc65)c4)cc3)c3ccc4oc5c6ccccc6ccc5c4c3)cc2)cc1. The largest absolute Gasteiger partial charge is 0.455 e. The van der Waals surface area contributed by atoms with Crippen molar-refractivity contribution in [1.29, 1.82) is 0 Å². The van der Waals surface area contributed by atoms with Crippen LogP contribution in [0.5, 0.6) is 0 Å². The Bertz CT molecular complexity index is 3140. The quantitative estimate of drug-likeness (QED) is 0.172. The molecule has 2 aromatic heterocycles. The number of benzene rings is 9. The van der Waals surface area contributed by atoms with Crippen molar-refractivity contribution < 1.29 is 4.42 Å². The summed E-state index contributed by atoms with van der Waals surface area (Å²) < 4.78 is 8.88. The molecule has 3 heteroatoms. The van der Waals surface area contributed by atoms with Gasteiger partial charge in [0.05, 0.1) is 11.0 Å². The van der Waals surface area contributed by atoms with E-state index in [9.17, 15) is 0 Å². The third kappa shape index (κ3) is 5.20. The van der Waals surface area contributed by atoms with Crippen molar-refractivity contribution in [2.24, 2.45) is 0 Å². The summed E-state index contributed by atoms with van der Waals surface area (Å²) in [6.07, 6.45) is 0. The summed E-state index contributed by atoms with van der Waals surface area (Å²) in [6.45, 7) is 0. The van der Waals surface area contributed by atoms with E-state index < -0.39 is 0 Å². The lowest BCUT2D eigenvalue weighted by Crippen LogP contribution is -2.09. The van der Waals surface area contributed by atoms with Crippen LogP contribution in [0, 0.1) is 0 Å². The normalized spacial score (nSPS) is 11.6. The standard InChI is InChI=1S/C52H34N2O/c1-2-11-35(12-3-1)36-21-26-40(27-22-36)53(43-30-32-51-48(34-43)47-31-25-38-13-4-5-16-44(38)52(47)55-51)41-28-23-37(24-29-41)39-14-10-15-42(33-39)54-49-19-8-6-17-45(49)46-18-7-9-20-50(46)54/h1-34H. The maximum Gasteiger partial charge on any atom is 0.143 e. The van der Waals surface area contributed by atoms with Crippen LogP contribution in [-0.4, -0.2) is 4.57 Å². The fraction of sp³-hybridized carbons (Fsp3) is 0. The van der Waals surface area contributed by atoms with Crippen LogP contribution >= 0.6 is 0 Å². The van der Waals surface area contributed by atoms with E-state index in [2.05, 4.69) is 216 Å². The molecule has 0 unspecified atom stereocenters. The minimum atomic E-state index is 0.882. The first-order valence-corrected chi connectivity index (χ1v) is 18.8. The summed E-state index contributed by atoms with van der Waals surface area (Å²) in [6, 6.07) is 73.9. The van der Waals surface area contributed by atoms with Crippen molar-refractivity contribution >= 4 is 71.6 Å². The van der Waals surface area contributed by atoms with E-state index in [4.69, 9.17) is 4.42 Å². The summed E-state index contributed by atoms with van der Waals surface area (Å²) in [4.78, 5) is 2.34. The number of aromatic nitrogens is 1. The number of furan rings is 1. The Hall–Kier alpha value is -7.36. The van der Waals surface area contributed by atoms with Gasteiger partial charge in [-0.2, -0.15) is 0 Å². The van der Waals surface area contributed by atoms with Gasteiger partial charge in [-0.1, -0.05) is 133 Å². The molecule has 2 heterocycles. The highest BCUT2D eigenvalue weighted by Gasteiger charge is 2.18. The molecule has 0 aliphatic carbocycles. The van der Waals surface area contributed by atoms with Crippen molar-refractivity contribution in [2.75, 3.05) is 4.90 Å². The van der Waals surface area contributed by atoms with E-state index in [1.165, 1.54) is 43.9 Å². The van der Waals surface area contributed by atoms with Crippen LogP contribution in [0.1, 0.15) is 0 Å². The van der Waals surface area contributed by atoms with Crippen LogP contribution in [0.3, 0.4) is 0 Å². The second kappa shape index (κ2) is 12.6. The predicted molar refractivity (Wildman–Crippen MR) is 231 cm³/mol. The first kappa shape index (κ1) is 31.2. The molecule has 0 spiro atoms. The molecule has 0 aliphatic heterocycles. The molecule has 55 heavy (non-hydrogen) atoms. The van der Waals surface area contributed by atoms with Crippen LogP contribution in [-0.2, 0) is 0 Å². The summed E-state index contributed by atoms with van der Waals surface area (Å²) in [5.41, 5.74) is 13.3. The first-order valence-electron chi connectivity index (χ1n) is 18.8. The van der Waals surface area contributed by atoms with Crippen LogP contribution in [0.2, 0.25) is 0 Å². The lowest BCUT2D eigenvalue weighted by molar-refractivity contribution is 0.672. The summed E-state index contributed by atoms with van der Waals surface area (Å²) in [7, 11) is 0. The van der Waals surface area contributed by atoms with E-state index in [1.807, 2.05) is 0 Å². The lowest BCUT2D eigenvalue weighted by Gasteiger charge is -2.26. The van der Waals surface area contributed by atoms with Crippen LogP contribution in [0.25, 0.3) is 82.5 Å². The van der Waals surface area contributed by atoms with E-state index in [-0.39, 0.29) is 0 Å². The van der Waals surface area contributed by atoms with Gasteiger partial charge in [0.15, 0.2) is 0 Å². The van der Waals surface area contributed by atoms with Gasteiger partial charge < -0.3 is 13.9 Å². The molecule has 0 saturated carbocycles. The van der Waals surface area contributed by atoms with Crippen LogP contribution in [0.4, 0.5) is 17.1 Å². The third-order valence-corrected chi connectivity index (χ3v) is 11.0. The van der Waals surface area contributed by atoms with Gasteiger partial charge in [-0.05, 0) is 100 Å². The molecule has 0 atom stereocenters. The van der Waals surface area contributed by atoms with Gasteiger partial charge in [-0.3, -0.25) is 0 Å². The average molecular weight is 703 g/mol. The Morgan fingerprint density at radius 1 is 0.345 bits per heavy atom. The highest BCUT2D eigenvalue weighted by atomic mass is 16.3. The number of hydrogen-bond acceptors (Lipinski definition) is 2. The van der Waals surface area contributed by atoms with Gasteiger partial charge in [0.2, 0.25) is 0 Å². The summed E-state index contributed by atoms with van der Waals surface area (Å²) in [5.74, 6) is 0.